The van der Waals surface area contributed by atoms with Crippen molar-refractivity contribution in [3.63, 3.8) is 0 Å². The van der Waals surface area contributed by atoms with Crippen LogP contribution in [0.1, 0.15) is 42.4 Å². The Bertz CT molecular complexity index is 847. The predicted octanol–water partition coefficient (Wildman–Crippen LogP) is 3.12. The maximum atomic E-state index is 12.7. The molecule has 6 nitrogen and oxygen atoms in total. The summed E-state index contributed by atoms with van der Waals surface area (Å²) in [7, 11) is 0. The molecule has 29 heavy (non-hydrogen) atoms. The molecule has 2 aromatic rings. The summed E-state index contributed by atoms with van der Waals surface area (Å²) in [6.07, 6.45) is 3.15. The zero-order valence-corrected chi connectivity index (χ0v) is 17.4. The highest BCUT2D eigenvalue weighted by Crippen LogP contribution is 2.29. The van der Waals surface area contributed by atoms with Crippen LogP contribution >= 0.6 is 0 Å². The zero-order valence-electron chi connectivity index (χ0n) is 17.4. The molecule has 2 aliphatic heterocycles. The van der Waals surface area contributed by atoms with Crippen LogP contribution in [0.25, 0.3) is 0 Å². The molecule has 1 fully saturated rings. The van der Waals surface area contributed by atoms with E-state index in [1.165, 1.54) is 12.8 Å². The summed E-state index contributed by atoms with van der Waals surface area (Å²) in [5, 5.41) is 0. The maximum Gasteiger partial charge on any atom is 0.248 e. The van der Waals surface area contributed by atoms with Gasteiger partial charge in [0.15, 0.2) is 0 Å². The van der Waals surface area contributed by atoms with E-state index in [1.54, 1.807) is 0 Å². The number of amides is 1. The first-order chi connectivity index (χ1) is 14.1. The summed E-state index contributed by atoms with van der Waals surface area (Å²) in [6, 6.07) is 9.95. The zero-order chi connectivity index (χ0) is 20.2. The largest absolute Gasteiger partial charge is 0.367 e. The van der Waals surface area contributed by atoms with Crippen molar-refractivity contribution in [2.45, 2.75) is 46.3 Å². The summed E-state index contributed by atoms with van der Waals surface area (Å²) in [5.74, 6) is 2.65. The maximum absolute atomic E-state index is 12.7. The Morgan fingerprint density at radius 1 is 1.14 bits per heavy atom. The van der Waals surface area contributed by atoms with E-state index in [0.29, 0.717) is 19.7 Å². The van der Waals surface area contributed by atoms with Gasteiger partial charge in [0, 0.05) is 31.6 Å². The molecule has 1 aromatic heterocycles. The van der Waals surface area contributed by atoms with Crippen LogP contribution in [0.4, 0.5) is 5.82 Å². The molecule has 0 N–H and O–H groups in total. The van der Waals surface area contributed by atoms with Crippen LogP contribution in [0.5, 0.6) is 0 Å². The number of nitrogens with zero attached hydrogens (tertiary/aromatic N) is 4. The van der Waals surface area contributed by atoms with Crippen molar-refractivity contribution in [3.05, 3.63) is 53.0 Å². The Balaban J connectivity index is 1.42. The Labute approximate surface area is 172 Å². The second-order valence-corrected chi connectivity index (χ2v) is 8.23. The van der Waals surface area contributed by atoms with Gasteiger partial charge >= 0.3 is 0 Å². The summed E-state index contributed by atoms with van der Waals surface area (Å²) in [6.45, 7) is 8.15. The minimum absolute atomic E-state index is 0.0328. The molecule has 0 saturated carbocycles. The number of hydrogen-bond acceptors (Lipinski definition) is 5. The van der Waals surface area contributed by atoms with Gasteiger partial charge in [-0.15, -0.1) is 0 Å². The molecule has 3 heterocycles. The monoisotopic (exact) mass is 394 g/mol. The van der Waals surface area contributed by atoms with Crippen LogP contribution in [-0.2, 0) is 29.1 Å². The number of anilines is 1. The van der Waals surface area contributed by atoms with Crippen molar-refractivity contribution >= 4 is 11.7 Å². The third-order valence-electron chi connectivity index (χ3n) is 5.92. The normalized spacial score (nSPS) is 17.3. The molecule has 6 heteroatoms. The minimum atomic E-state index is 0.0328. The fourth-order valence-corrected chi connectivity index (χ4v) is 4.13. The molecule has 0 aliphatic carbocycles. The van der Waals surface area contributed by atoms with Crippen molar-refractivity contribution in [3.8, 4) is 0 Å². The molecule has 4 rings (SSSR count). The van der Waals surface area contributed by atoms with Crippen LogP contribution in [0, 0.1) is 12.8 Å². The molecule has 2 aliphatic rings. The quantitative estimate of drug-likeness (QED) is 0.780. The van der Waals surface area contributed by atoms with Crippen LogP contribution in [0.3, 0.4) is 0 Å². The summed E-state index contributed by atoms with van der Waals surface area (Å²) < 4.78 is 5.67. The first-order valence-corrected chi connectivity index (χ1v) is 10.6. The molecule has 1 aromatic carbocycles. The molecule has 1 amide bonds. The first kappa shape index (κ1) is 19.8. The molecular weight excluding hydrogens is 364 g/mol. The van der Waals surface area contributed by atoms with E-state index in [2.05, 4.69) is 16.8 Å². The number of aryl methyl sites for hydroxylation is 1. The lowest BCUT2D eigenvalue weighted by Gasteiger charge is -2.36. The van der Waals surface area contributed by atoms with E-state index in [4.69, 9.17) is 9.72 Å². The van der Waals surface area contributed by atoms with Crippen LogP contribution in [0.2, 0.25) is 0 Å². The number of rotatable bonds is 5. The molecule has 0 spiro atoms. The highest BCUT2D eigenvalue weighted by atomic mass is 16.5. The van der Waals surface area contributed by atoms with Gasteiger partial charge in [0.05, 0.1) is 18.8 Å². The SMILES string of the molecule is Cc1nc2c(c(N3CCC(C)CC3)n1)CN(C(=O)COCc1ccccc1)CC2. The number of hydrogen-bond donors (Lipinski definition) is 0. The van der Waals surface area contributed by atoms with Gasteiger partial charge in [0.1, 0.15) is 18.2 Å². The third kappa shape index (κ3) is 4.75. The molecule has 154 valence electrons. The highest BCUT2D eigenvalue weighted by Gasteiger charge is 2.28. The fraction of sp³-hybridized carbons (Fsp3) is 0.522. The highest BCUT2D eigenvalue weighted by molar-refractivity contribution is 5.78. The van der Waals surface area contributed by atoms with Gasteiger partial charge in [0.2, 0.25) is 5.91 Å². The lowest BCUT2D eigenvalue weighted by atomic mass is 9.98. The van der Waals surface area contributed by atoms with Gasteiger partial charge in [-0.25, -0.2) is 9.97 Å². The van der Waals surface area contributed by atoms with Crippen LogP contribution in [-0.4, -0.2) is 47.0 Å². The van der Waals surface area contributed by atoms with Crippen LogP contribution in [0.15, 0.2) is 30.3 Å². The predicted molar refractivity (Wildman–Crippen MR) is 113 cm³/mol. The van der Waals surface area contributed by atoms with Gasteiger partial charge in [-0.1, -0.05) is 37.3 Å². The minimum Gasteiger partial charge on any atom is -0.367 e. The molecule has 0 atom stereocenters. The van der Waals surface area contributed by atoms with Gasteiger partial charge in [0.25, 0.3) is 0 Å². The van der Waals surface area contributed by atoms with E-state index in [0.717, 1.165) is 53.9 Å². The van der Waals surface area contributed by atoms with E-state index in [9.17, 15) is 4.79 Å². The molecule has 1 saturated heterocycles. The topological polar surface area (TPSA) is 58.6 Å². The van der Waals surface area contributed by atoms with Crippen molar-refractivity contribution in [1.29, 1.82) is 0 Å². The molecule has 0 unspecified atom stereocenters. The average molecular weight is 395 g/mol. The van der Waals surface area contributed by atoms with Crippen LogP contribution < -0.4 is 4.90 Å². The van der Waals surface area contributed by atoms with Crippen molar-refractivity contribution in [1.82, 2.24) is 14.9 Å². The first-order valence-electron chi connectivity index (χ1n) is 10.6. The van der Waals surface area contributed by atoms with E-state index < -0.39 is 0 Å². The van der Waals surface area contributed by atoms with E-state index in [1.807, 2.05) is 42.2 Å². The van der Waals surface area contributed by atoms with Crippen molar-refractivity contribution < 1.29 is 9.53 Å². The van der Waals surface area contributed by atoms with E-state index in [-0.39, 0.29) is 12.5 Å². The number of benzene rings is 1. The van der Waals surface area contributed by atoms with Gasteiger partial charge in [-0.05, 0) is 31.2 Å². The van der Waals surface area contributed by atoms with Gasteiger partial charge < -0.3 is 14.5 Å². The Kier molecular flexibility index (Phi) is 6.09. The summed E-state index contributed by atoms with van der Waals surface area (Å²) in [4.78, 5) is 26.5. The summed E-state index contributed by atoms with van der Waals surface area (Å²) >= 11 is 0. The summed E-state index contributed by atoms with van der Waals surface area (Å²) in [5.41, 5.74) is 3.29. The van der Waals surface area contributed by atoms with Crippen molar-refractivity contribution in [2.24, 2.45) is 5.92 Å². The number of piperidine rings is 1. The Morgan fingerprint density at radius 2 is 1.90 bits per heavy atom. The number of aromatic nitrogens is 2. The lowest BCUT2D eigenvalue weighted by molar-refractivity contribution is -0.137. The molecule has 0 bridgehead atoms. The number of ether oxygens (including phenoxy) is 1. The van der Waals surface area contributed by atoms with E-state index >= 15 is 0 Å². The second kappa shape index (κ2) is 8.91. The number of fused-ring (bicyclic) bond motifs is 1. The lowest BCUT2D eigenvalue weighted by Crippen LogP contribution is -2.41. The smallest absolute Gasteiger partial charge is 0.248 e. The second-order valence-electron chi connectivity index (χ2n) is 8.23. The van der Waals surface area contributed by atoms with Gasteiger partial charge in [-0.2, -0.15) is 0 Å². The number of carbonyl (C=O) groups is 1. The molecule has 0 radical (unpaired) electrons. The Morgan fingerprint density at radius 3 is 2.66 bits per heavy atom. The standard InChI is InChI=1S/C23H30N4O2/c1-17-8-11-26(12-9-17)23-20-14-27(13-10-21(20)24-18(2)25-23)22(28)16-29-15-19-6-4-3-5-7-19/h3-7,17H,8-16H2,1-2H3. The van der Waals surface area contributed by atoms with Gasteiger partial charge in [-0.3, -0.25) is 4.79 Å². The third-order valence-corrected chi connectivity index (χ3v) is 5.92. The van der Waals surface area contributed by atoms with Crippen molar-refractivity contribution in [2.75, 3.05) is 31.1 Å². The Hall–Kier alpha value is -2.47. The molecular formula is C23H30N4O2. The fourth-order valence-electron chi connectivity index (χ4n) is 4.13. The number of carbonyl (C=O) groups excluding carboxylic acids is 1. The average Bonchev–Trinajstić information content (AvgIpc) is 2.74.